The van der Waals surface area contributed by atoms with Gasteiger partial charge in [-0.15, -0.1) is 0 Å². The Bertz CT molecular complexity index is 415. The number of rotatable bonds is 3. The number of hydrogen-bond donors (Lipinski definition) is 1. The lowest BCUT2D eigenvalue weighted by Gasteiger charge is -2.02. The molecule has 1 aromatic carbocycles. The Morgan fingerprint density at radius 3 is 2.88 bits per heavy atom. The molecule has 0 aliphatic heterocycles. The van der Waals surface area contributed by atoms with Crippen molar-refractivity contribution in [2.24, 2.45) is 5.73 Å². The molecule has 0 aliphatic rings. The van der Waals surface area contributed by atoms with Crippen LogP contribution in [0.2, 0.25) is 0 Å². The molecular weight excluding hydrogens is 202 g/mol. The van der Waals surface area contributed by atoms with Crippen molar-refractivity contribution in [3.63, 3.8) is 0 Å². The number of methoxy groups -OCH3 is 1. The van der Waals surface area contributed by atoms with Gasteiger partial charge in [0.2, 0.25) is 0 Å². The van der Waals surface area contributed by atoms with Crippen molar-refractivity contribution in [1.82, 2.24) is 0 Å². The molecule has 1 aromatic rings. The van der Waals surface area contributed by atoms with Gasteiger partial charge in [-0.05, 0) is 11.6 Å². The molecule has 3 heteroatoms. The van der Waals surface area contributed by atoms with Crippen molar-refractivity contribution in [1.29, 1.82) is 0 Å². The third kappa shape index (κ3) is 3.76. The molecule has 0 aliphatic carbocycles. The second-order valence-corrected chi connectivity index (χ2v) is 3.25. The Balaban J connectivity index is 2.84. The van der Waals surface area contributed by atoms with E-state index in [4.69, 9.17) is 5.73 Å². The Hall–Kier alpha value is -1.79. The molecule has 0 spiro atoms. The number of esters is 1. The molecule has 2 N–H and O–H groups in total. The van der Waals surface area contributed by atoms with Crippen LogP contribution in [0, 0.1) is 11.8 Å². The van der Waals surface area contributed by atoms with Crippen LogP contribution in [0.15, 0.2) is 24.3 Å². The molecule has 0 atom stereocenters. The first-order chi connectivity index (χ1) is 7.77. The maximum atomic E-state index is 11.2. The summed E-state index contributed by atoms with van der Waals surface area (Å²) in [6.07, 6.45) is 0.913. The van der Waals surface area contributed by atoms with Crippen molar-refractivity contribution in [2.75, 3.05) is 13.7 Å². The van der Waals surface area contributed by atoms with Crippen LogP contribution in [0.4, 0.5) is 0 Å². The highest BCUT2D eigenvalue weighted by atomic mass is 16.5. The Labute approximate surface area is 95.6 Å². The molecular formula is C13H15NO2. The fourth-order valence-electron chi connectivity index (χ4n) is 1.25. The molecule has 0 amide bonds. The normalized spacial score (nSPS) is 9.12. The van der Waals surface area contributed by atoms with Crippen LogP contribution in [0.3, 0.4) is 0 Å². The summed E-state index contributed by atoms with van der Waals surface area (Å²) >= 11 is 0. The van der Waals surface area contributed by atoms with Crippen LogP contribution < -0.4 is 5.73 Å². The topological polar surface area (TPSA) is 52.3 Å². The second kappa shape index (κ2) is 6.65. The fraction of sp³-hybridized carbons (Fsp3) is 0.308. The minimum absolute atomic E-state index is 0.254. The van der Waals surface area contributed by atoms with Gasteiger partial charge in [-0.1, -0.05) is 30.0 Å². The average Bonchev–Trinajstić information content (AvgIpc) is 2.31. The molecule has 0 unspecified atom stereocenters. The van der Waals surface area contributed by atoms with Gasteiger partial charge in [-0.25, -0.2) is 0 Å². The first kappa shape index (κ1) is 12.3. The van der Waals surface area contributed by atoms with Gasteiger partial charge in [0.1, 0.15) is 0 Å². The van der Waals surface area contributed by atoms with Crippen molar-refractivity contribution < 1.29 is 9.53 Å². The second-order valence-electron chi connectivity index (χ2n) is 3.25. The summed E-state index contributed by atoms with van der Waals surface area (Å²) in [5.41, 5.74) is 7.11. The van der Waals surface area contributed by atoms with E-state index >= 15 is 0 Å². The number of hydrogen-bond acceptors (Lipinski definition) is 3. The van der Waals surface area contributed by atoms with E-state index in [1.165, 1.54) is 7.11 Å². The van der Waals surface area contributed by atoms with Gasteiger partial charge in [-0.2, -0.15) is 0 Å². The molecule has 16 heavy (non-hydrogen) atoms. The number of benzene rings is 1. The average molecular weight is 217 g/mol. The molecule has 3 nitrogen and oxygen atoms in total. The lowest BCUT2D eigenvalue weighted by atomic mass is 10.1. The van der Waals surface area contributed by atoms with Crippen LogP contribution in [-0.2, 0) is 16.0 Å². The van der Waals surface area contributed by atoms with Crippen molar-refractivity contribution in [2.45, 2.75) is 12.8 Å². The maximum absolute atomic E-state index is 11.2. The van der Waals surface area contributed by atoms with Crippen molar-refractivity contribution in [3.05, 3.63) is 35.4 Å². The van der Waals surface area contributed by atoms with Gasteiger partial charge >= 0.3 is 5.97 Å². The van der Waals surface area contributed by atoms with Gasteiger partial charge in [0.15, 0.2) is 0 Å². The lowest BCUT2D eigenvalue weighted by molar-refractivity contribution is -0.139. The third-order valence-corrected chi connectivity index (χ3v) is 2.07. The molecule has 84 valence electrons. The van der Waals surface area contributed by atoms with Crippen LogP contribution in [0.5, 0.6) is 0 Å². The Morgan fingerprint density at radius 1 is 1.44 bits per heavy atom. The van der Waals surface area contributed by atoms with Crippen LogP contribution in [0.25, 0.3) is 0 Å². The molecule has 0 radical (unpaired) electrons. The summed E-state index contributed by atoms with van der Waals surface area (Å²) in [5, 5.41) is 0. The summed E-state index contributed by atoms with van der Waals surface area (Å²) in [6.45, 7) is 0.548. The van der Waals surface area contributed by atoms with Gasteiger partial charge in [0.25, 0.3) is 0 Å². The zero-order chi connectivity index (χ0) is 11.8. The number of carbonyl (C=O) groups is 1. The number of carbonyl (C=O) groups excluding carboxylic acids is 1. The minimum Gasteiger partial charge on any atom is -0.469 e. The first-order valence-electron chi connectivity index (χ1n) is 5.11. The number of nitrogens with two attached hydrogens (primary N) is 1. The van der Waals surface area contributed by atoms with Crippen molar-refractivity contribution >= 4 is 5.97 Å². The van der Waals surface area contributed by atoms with E-state index in [-0.39, 0.29) is 12.4 Å². The van der Waals surface area contributed by atoms with E-state index in [1.807, 2.05) is 24.3 Å². The molecule has 0 saturated heterocycles. The fourth-order valence-corrected chi connectivity index (χ4v) is 1.25. The van der Waals surface area contributed by atoms with Crippen molar-refractivity contribution in [3.8, 4) is 11.8 Å². The summed E-state index contributed by atoms with van der Waals surface area (Å²) in [7, 11) is 1.38. The van der Waals surface area contributed by atoms with Gasteiger partial charge in [-0.3, -0.25) is 4.79 Å². The minimum atomic E-state index is -0.256. The van der Waals surface area contributed by atoms with Crippen LogP contribution in [-0.4, -0.2) is 19.6 Å². The maximum Gasteiger partial charge on any atom is 0.310 e. The van der Waals surface area contributed by atoms with E-state index in [1.54, 1.807) is 0 Å². The third-order valence-electron chi connectivity index (χ3n) is 2.07. The smallest absolute Gasteiger partial charge is 0.310 e. The number of ether oxygens (including phenoxy) is 1. The van der Waals surface area contributed by atoms with E-state index in [0.717, 1.165) is 11.1 Å². The summed E-state index contributed by atoms with van der Waals surface area (Å²) in [6, 6.07) is 7.55. The van der Waals surface area contributed by atoms with Gasteiger partial charge in [0.05, 0.1) is 13.5 Å². The molecule has 0 saturated carbocycles. The molecule has 0 heterocycles. The molecule has 0 aromatic heterocycles. The quantitative estimate of drug-likeness (QED) is 0.609. The van der Waals surface area contributed by atoms with Crippen LogP contribution >= 0.6 is 0 Å². The highest BCUT2D eigenvalue weighted by Crippen LogP contribution is 2.08. The van der Waals surface area contributed by atoms with Crippen LogP contribution in [0.1, 0.15) is 17.5 Å². The largest absolute Gasteiger partial charge is 0.469 e. The summed E-state index contributed by atoms with van der Waals surface area (Å²) < 4.78 is 4.63. The predicted molar refractivity (Wildman–Crippen MR) is 62.7 cm³/mol. The Morgan fingerprint density at radius 2 is 2.19 bits per heavy atom. The molecule has 1 rings (SSSR count). The standard InChI is InChI=1S/C13H15NO2/c1-16-13(15)10-12-8-3-2-6-11(12)7-4-5-9-14/h2-3,6,8H,5,9-10,14H2,1H3. The SMILES string of the molecule is COC(=O)Cc1ccccc1C#CCCN. The van der Waals surface area contributed by atoms with Gasteiger partial charge in [0, 0.05) is 18.5 Å². The predicted octanol–water partition coefficient (Wildman–Crippen LogP) is 1.10. The lowest BCUT2D eigenvalue weighted by Crippen LogP contribution is -2.05. The first-order valence-corrected chi connectivity index (χ1v) is 5.11. The molecule has 0 fully saturated rings. The highest BCUT2D eigenvalue weighted by Gasteiger charge is 2.05. The summed E-state index contributed by atoms with van der Waals surface area (Å²) in [4.78, 5) is 11.2. The van der Waals surface area contributed by atoms with E-state index in [0.29, 0.717) is 13.0 Å². The van der Waals surface area contributed by atoms with E-state index in [9.17, 15) is 4.79 Å². The monoisotopic (exact) mass is 217 g/mol. The highest BCUT2D eigenvalue weighted by molar-refractivity contribution is 5.73. The zero-order valence-corrected chi connectivity index (χ0v) is 9.32. The van der Waals surface area contributed by atoms with E-state index in [2.05, 4.69) is 16.6 Å². The molecule has 0 bridgehead atoms. The van der Waals surface area contributed by atoms with E-state index < -0.39 is 0 Å². The van der Waals surface area contributed by atoms with Gasteiger partial charge < -0.3 is 10.5 Å². The Kier molecular flexibility index (Phi) is 5.10. The summed E-state index contributed by atoms with van der Waals surface area (Å²) in [5.74, 6) is 5.71. The zero-order valence-electron chi connectivity index (χ0n) is 9.32.